The first-order chi connectivity index (χ1) is 18.2. The summed E-state index contributed by atoms with van der Waals surface area (Å²) in [6.07, 6.45) is 0.444. The van der Waals surface area contributed by atoms with E-state index in [4.69, 9.17) is 4.74 Å². The fourth-order valence-electron chi connectivity index (χ4n) is 4.74. The lowest BCUT2D eigenvalue weighted by Crippen LogP contribution is -2.44. The lowest BCUT2D eigenvalue weighted by Gasteiger charge is -2.31. The first-order valence-corrected chi connectivity index (χ1v) is 12.8. The standard InChI is InChI=1S/C32H30N2O4/c1-32(2,3)31(37)33(23-16-18-25(19-17-23)38-24-12-5-4-6-13-24)20-9-21-34-29(35)26-14-7-10-22-11-8-15-27(28(22)26)30(34)36/h4-8,10-19H,9,20-21H2,1-3H3. The molecule has 0 spiro atoms. The molecule has 1 aliphatic rings. The van der Waals surface area contributed by atoms with Gasteiger partial charge in [0.25, 0.3) is 11.8 Å². The number of amides is 3. The molecule has 3 amide bonds. The topological polar surface area (TPSA) is 66.9 Å². The summed E-state index contributed by atoms with van der Waals surface area (Å²) >= 11 is 0. The lowest BCUT2D eigenvalue weighted by atomic mass is 9.93. The van der Waals surface area contributed by atoms with E-state index in [1.54, 1.807) is 17.0 Å². The van der Waals surface area contributed by atoms with Gasteiger partial charge in [-0.2, -0.15) is 0 Å². The number of ether oxygens (including phenoxy) is 1. The van der Waals surface area contributed by atoms with Gasteiger partial charge in [0.15, 0.2) is 0 Å². The fourth-order valence-corrected chi connectivity index (χ4v) is 4.74. The molecular formula is C32H30N2O4. The molecule has 0 bridgehead atoms. The molecule has 0 aliphatic carbocycles. The second kappa shape index (κ2) is 10.1. The molecule has 0 atom stereocenters. The molecule has 38 heavy (non-hydrogen) atoms. The Morgan fingerprint density at radius 2 is 1.34 bits per heavy atom. The van der Waals surface area contributed by atoms with Gasteiger partial charge in [0.2, 0.25) is 5.91 Å². The first-order valence-electron chi connectivity index (χ1n) is 12.8. The number of carbonyl (C=O) groups excluding carboxylic acids is 3. The van der Waals surface area contributed by atoms with E-state index < -0.39 is 5.41 Å². The summed E-state index contributed by atoms with van der Waals surface area (Å²) in [7, 11) is 0. The van der Waals surface area contributed by atoms with E-state index in [0.29, 0.717) is 35.2 Å². The van der Waals surface area contributed by atoms with Gasteiger partial charge in [-0.05, 0) is 60.3 Å². The highest BCUT2D eigenvalue weighted by Gasteiger charge is 2.33. The van der Waals surface area contributed by atoms with Gasteiger partial charge in [0, 0.05) is 40.7 Å². The van der Waals surface area contributed by atoms with E-state index in [9.17, 15) is 14.4 Å². The van der Waals surface area contributed by atoms with Crippen molar-refractivity contribution in [3.05, 3.63) is 102 Å². The van der Waals surface area contributed by atoms with Gasteiger partial charge in [-0.15, -0.1) is 0 Å². The Balaban J connectivity index is 1.33. The van der Waals surface area contributed by atoms with Crippen LogP contribution in [0.25, 0.3) is 10.8 Å². The summed E-state index contributed by atoms with van der Waals surface area (Å²) < 4.78 is 5.89. The number of para-hydroxylation sites is 1. The zero-order chi connectivity index (χ0) is 26.9. The summed E-state index contributed by atoms with van der Waals surface area (Å²) in [6.45, 7) is 6.21. The zero-order valence-corrected chi connectivity index (χ0v) is 21.8. The predicted molar refractivity (Wildman–Crippen MR) is 149 cm³/mol. The van der Waals surface area contributed by atoms with Crippen LogP contribution < -0.4 is 9.64 Å². The van der Waals surface area contributed by atoms with Crippen LogP contribution in [-0.4, -0.2) is 35.7 Å². The van der Waals surface area contributed by atoms with E-state index >= 15 is 0 Å². The molecule has 0 radical (unpaired) electrons. The van der Waals surface area contributed by atoms with E-state index in [-0.39, 0.29) is 24.3 Å². The van der Waals surface area contributed by atoms with Gasteiger partial charge in [-0.25, -0.2) is 0 Å². The minimum Gasteiger partial charge on any atom is -0.457 e. The molecule has 4 aromatic rings. The van der Waals surface area contributed by atoms with Crippen LogP contribution in [0.15, 0.2) is 91.0 Å². The Hall–Kier alpha value is -4.45. The van der Waals surface area contributed by atoms with Crippen LogP contribution in [0.4, 0.5) is 5.69 Å². The monoisotopic (exact) mass is 506 g/mol. The Kier molecular flexibility index (Phi) is 6.72. The maximum absolute atomic E-state index is 13.4. The van der Waals surface area contributed by atoms with Crippen LogP contribution >= 0.6 is 0 Å². The van der Waals surface area contributed by atoms with Crippen molar-refractivity contribution in [3.63, 3.8) is 0 Å². The van der Waals surface area contributed by atoms with Gasteiger partial charge in [0.1, 0.15) is 11.5 Å². The maximum Gasteiger partial charge on any atom is 0.261 e. The molecule has 192 valence electrons. The molecule has 0 fully saturated rings. The van der Waals surface area contributed by atoms with Crippen molar-refractivity contribution in [2.24, 2.45) is 5.41 Å². The van der Waals surface area contributed by atoms with Crippen molar-refractivity contribution >= 4 is 34.2 Å². The minimum atomic E-state index is -0.607. The molecular weight excluding hydrogens is 476 g/mol. The summed E-state index contributed by atoms with van der Waals surface area (Å²) in [6, 6.07) is 27.9. The third-order valence-corrected chi connectivity index (χ3v) is 6.63. The second-order valence-corrected chi connectivity index (χ2v) is 10.4. The maximum atomic E-state index is 13.4. The SMILES string of the molecule is CC(C)(C)C(=O)N(CCCN1C(=O)c2cccc3cccc(c23)C1=O)c1ccc(Oc2ccccc2)cc1. The van der Waals surface area contributed by atoms with Crippen molar-refractivity contribution in [1.82, 2.24) is 4.90 Å². The van der Waals surface area contributed by atoms with Crippen molar-refractivity contribution in [2.45, 2.75) is 27.2 Å². The molecule has 5 rings (SSSR count). The first kappa shape index (κ1) is 25.2. The molecule has 4 aromatic carbocycles. The van der Waals surface area contributed by atoms with Crippen molar-refractivity contribution in [3.8, 4) is 11.5 Å². The summed E-state index contributed by atoms with van der Waals surface area (Å²) in [5.41, 5.74) is 1.20. The van der Waals surface area contributed by atoms with Crippen molar-refractivity contribution in [2.75, 3.05) is 18.0 Å². The number of benzene rings is 4. The second-order valence-electron chi connectivity index (χ2n) is 10.4. The molecule has 0 saturated carbocycles. The number of anilines is 1. The van der Waals surface area contributed by atoms with Gasteiger partial charge in [-0.1, -0.05) is 63.2 Å². The summed E-state index contributed by atoms with van der Waals surface area (Å²) in [5, 5.41) is 1.59. The van der Waals surface area contributed by atoms with Gasteiger partial charge in [-0.3, -0.25) is 19.3 Å². The normalized spacial score (nSPS) is 13.1. The van der Waals surface area contributed by atoms with Crippen LogP contribution in [0.5, 0.6) is 11.5 Å². The Morgan fingerprint density at radius 1 is 0.763 bits per heavy atom. The summed E-state index contributed by atoms with van der Waals surface area (Å²) in [4.78, 5) is 42.9. The minimum absolute atomic E-state index is 0.0411. The van der Waals surface area contributed by atoms with Crippen LogP contribution in [0.2, 0.25) is 0 Å². The Morgan fingerprint density at radius 3 is 1.92 bits per heavy atom. The Bertz CT molecular complexity index is 1450. The average Bonchev–Trinajstić information content (AvgIpc) is 2.91. The number of nitrogens with zero attached hydrogens (tertiary/aromatic N) is 2. The van der Waals surface area contributed by atoms with E-state index in [1.807, 2.05) is 99.6 Å². The van der Waals surface area contributed by atoms with Crippen LogP contribution in [0.3, 0.4) is 0 Å². The predicted octanol–water partition coefficient (Wildman–Crippen LogP) is 6.70. The number of carbonyl (C=O) groups is 3. The highest BCUT2D eigenvalue weighted by atomic mass is 16.5. The smallest absolute Gasteiger partial charge is 0.261 e. The third kappa shape index (κ3) is 4.90. The third-order valence-electron chi connectivity index (χ3n) is 6.63. The van der Waals surface area contributed by atoms with Crippen LogP contribution in [-0.2, 0) is 4.79 Å². The quantitative estimate of drug-likeness (QED) is 0.262. The average molecular weight is 507 g/mol. The van der Waals surface area contributed by atoms with E-state index in [0.717, 1.165) is 16.8 Å². The number of hydrogen-bond acceptors (Lipinski definition) is 4. The molecule has 6 nitrogen and oxygen atoms in total. The number of rotatable bonds is 7. The summed E-state index contributed by atoms with van der Waals surface area (Å²) in [5.74, 6) is 0.767. The van der Waals surface area contributed by atoms with Crippen molar-refractivity contribution < 1.29 is 19.1 Å². The highest BCUT2D eigenvalue weighted by molar-refractivity contribution is 6.25. The van der Waals surface area contributed by atoms with E-state index in [1.165, 1.54) is 4.90 Å². The largest absolute Gasteiger partial charge is 0.457 e. The zero-order valence-electron chi connectivity index (χ0n) is 21.8. The Labute approximate surface area is 222 Å². The van der Waals surface area contributed by atoms with Gasteiger partial charge >= 0.3 is 0 Å². The van der Waals surface area contributed by atoms with Crippen LogP contribution in [0.1, 0.15) is 47.9 Å². The van der Waals surface area contributed by atoms with E-state index in [2.05, 4.69) is 0 Å². The molecule has 0 aromatic heterocycles. The van der Waals surface area contributed by atoms with Crippen molar-refractivity contribution in [1.29, 1.82) is 0 Å². The van der Waals surface area contributed by atoms with Gasteiger partial charge in [0.05, 0.1) is 0 Å². The molecule has 6 heteroatoms. The van der Waals surface area contributed by atoms with Gasteiger partial charge < -0.3 is 9.64 Å². The molecule has 0 unspecified atom stereocenters. The number of imide groups is 1. The van der Waals surface area contributed by atoms with Crippen LogP contribution in [0, 0.1) is 5.41 Å². The lowest BCUT2D eigenvalue weighted by molar-refractivity contribution is -0.125. The molecule has 1 heterocycles. The molecule has 0 saturated heterocycles. The fraction of sp³-hybridized carbons (Fsp3) is 0.219. The highest BCUT2D eigenvalue weighted by Crippen LogP contribution is 2.31. The molecule has 1 aliphatic heterocycles. The number of hydrogen-bond donors (Lipinski definition) is 0. The molecule has 0 N–H and O–H groups in total.